The maximum Gasteiger partial charge on any atom is 0.184 e. The summed E-state index contributed by atoms with van der Waals surface area (Å²) in [6, 6.07) is 9.92. The molecule has 0 saturated carbocycles. The standard InChI is InChI=1S/C14H11ClFNOS2/c1-20-11-7-3-5-9(12(11)14(17)19)18-10-6-2-4-8(15)13(10)16/h2-7H,1H3,(H2,17,19). The Kier molecular flexibility index (Phi) is 4.86. The summed E-state index contributed by atoms with van der Waals surface area (Å²) < 4.78 is 19.5. The summed E-state index contributed by atoms with van der Waals surface area (Å²) in [5.74, 6) is -0.170. The number of hydrogen-bond acceptors (Lipinski definition) is 3. The van der Waals surface area contributed by atoms with Crippen LogP contribution in [0.3, 0.4) is 0 Å². The average Bonchev–Trinajstić information content (AvgIpc) is 2.43. The molecule has 0 fully saturated rings. The number of hydrogen-bond donors (Lipinski definition) is 1. The van der Waals surface area contributed by atoms with Crippen molar-refractivity contribution in [1.29, 1.82) is 0 Å². The number of thioether (sulfide) groups is 1. The first kappa shape index (κ1) is 15.1. The van der Waals surface area contributed by atoms with Crippen molar-refractivity contribution in [2.75, 3.05) is 6.26 Å². The first-order valence-corrected chi connectivity index (χ1v) is 7.64. The zero-order valence-corrected chi connectivity index (χ0v) is 12.9. The van der Waals surface area contributed by atoms with Gasteiger partial charge in [-0.05, 0) is 30.5 Å². The van der Waals surface area contributed by atoms with Gasteiger partial charge in [-0.2, -0.15) is 0 Å². The third kappa shape index (κ3) is 3.06. The molecule has 0 aliphatic heterocycles. The minimum absolute atomic E-state index is 0.000367. The second-order valence-corrected chi connectivity index (χ2v) is 5.55. The number of nitrogens with two attached hydrogens (primary N) is 1. The molecule has 2 aromatic rings. The van der Waals surface area contributed by atoms with Crippen LogP contribution < -0.4 is 10.5 Å². The molecule has 0 unspecified atom stereocenters. The summed E-state index contributed by atoms with van der Waals surface area (Å²) in [6.45, 7) is 0. The lowest BCUT2D eigenvalue weighted by Gasteiger charge is -2.14. The van der Waals surface area contributed by atoms with E-state index in [4.69, 9.17) is 34.3 Å². The molecule has 0 aliphatic carbocycles. The van der Waals surface area contributed by atoms with Crippen molar-refractivity contribution in [3.63, 3.8) is 0 Å². The maximum absolute atomic E-state index is 13.9. The highest BCUT2D eigenvalue weighted by Gasteiger charge is 2.15. The fourth-order valence-corrected chi connectivity index (χ4v) is 2.76. The van der Waals surface area contributed by atoms with Crippen molar-refractivity contribution < 1.29 is 9.13 Å². The van der Waals surface area contributed by atoms with Crippen molar-refractivity contribution in [1.82, 2.24) is 0 Å². The quantitative estimate of drug-likeness (QED) is 0.656. The van der Waals surface area contributed by atoms with Gasteiger partial charge in [0.25, 0.3) is 0 Å². The van der Waals surface area contributed by atoms with Crippen LogP contribution in [0.15, 0.2) is 41.3 Å². The maximum atomic E-state index is 13.9. The Balaban J connectivity index is 2.48. The fraction of sp³-hybridized carbons (Fsp3) is 0.0714. The molecule has 0 aliphatic rings. The molecule has 0 amide bonds. The van der Waals surface area contributed by atoms with Crippen LogP contribution in [-0.2, 0) is 0 Å². The molecule has 0 aromatic heterocycles. The molecule has 2 N–H and O–H groups in total. The van der Waals surface area contributed by atoms with Crippen molar-refractivity contribution in [3.8, 4) is 11.5 Å². The Morgan fingerprint density at radius 1 is 1.25 bits per heavy atom. The molecule has 2 nitrogen and oxygen atoms in total. The van der Waals surface area contributed by atoms with Crippen LogP contribution >= 0.6 is 35.6 Å². The van der Waals surface area contributed by atoms with Crippen LogP contribution in [-0.4, -0.2) is 11.2 Å². The summed E-state index contributed by atoms with van der Waals surface area (Å²) in [6.07, 6.45) is 1.90. The SMILES string of the molecule is CSc1cccc(Oc2cccc(Cl)c2F)c1C(N)=S. The minimum atomic E-state index is -0.613. The van der Waals surface area contributed by atoms with E-state index >= 15 is 0 Å². The van der Waals surface area contributed by atoms with Gasteiger partial charge in [-0.15, -0.1) is 11.8 Å². The van der Waals surface area contributed by atoms with Gasteiger partial charge < -0.3 is 10.5 Å². The minimum Gasteiger partial charge on any atom is -0.453 e. The lowest BCUT2D eigenvalue weighted by molar-refractivity contribution is 0.441. The molecular formula is C14H11ClFNOS2. The molecule has 0 radical (unpaired) electrons. The van der Waals surface area contributed by atoms with E-state index in [1.54, 1.807) is 18.2 Å². The average molecular weight is 328 g/mol. The Bertz CT molecular complexity index is 664. The Morgan fingerprint density at radius 3 is 2.55 bits per heavy atom. The van der Waals surface area contributed by atoms with Crippen molar-refractivity contribution in [3.05, 3.63) is 52.8 Å². The molecule has 0 spiro atoms. The van der Waals surface area contributed by atoms with Crippen molar-refractivity contribution in [2.45, 2.75) is 4.90 Å². The molecule has 0 saturated heterocycles. The summed E-state index contributed by atoms with van der Waals surface area (Å²) in [4.78, 5) is 1.07. The summed E-state index contributed by atoms with van der Waals surface area (Å²) >= 11 is 12.3. The highest BCUT2D eigenvalue weighted by Crippen LogP contribution is 2.34. The van der Waals surface area contributed by atoms with Gasteiger partial charge in [0, 0.05) is 4.90 Å². The van der Waals surface area contributed by atoms with Crippen LogP contribution in [0.5, 0.6) is 11.5 Å². The van der Waals surface area contributed by atoms with E-state index in [2.05, 4.69) is 0 Å². The highest BCUT2D eigenvalue weighted by atomic mass is 35.5. The molecule has 104 valence electrons. The second kappa shape index (κ2) is 6.43. The second-order valence-electron chi connectivity index (χ2n) is 3.85. The monoisotopic (exact) mass is 327 g/mol. The third-order valence-corrected chi connectivity index (χ3v) is 3.87. The Morgan fingerprint density at radius 2 is 1.90 bits per heavy atom. The topological polar surface area (TPSA) is 35.2 Å². The number of ether oxygens (including phenoxy) is 1. The van der Waals surface area contributed by atoms with Gasteiger partial charge in [0.1, 0.15) is 10.7 Å². The molecule has 0 atom stereocenters. The largest absolute Gasteiger partial charge is 0.453 e. The molecule has 2 aromatic carbocycles. The van der Waals surface area contributed by atoms with Crippen LogP contribution in [0, 0.1) is 5.82 Å². The van der Waals surface area contributed by atoms with Gasteiger partial charge in [-0.1, -0.05) is 36.0 Å². The van der Waals surface area contributed by atoms with E-state index in [1.807, 2.05) is 12.3 Å². The van der Waals surface area contributed by atoms with Gasteiger partial charge in [0.05, 0.1) is 10.6 Å². The number of rotatable bonds is 4. The van der Waals surface area contributed by atoms with Crippen molar-refractivity contribution in [2.24, 2.45) is 5.73 Å². The third-order valence-electron chi connectivity index (χ3n) is 2.59. The first-order valence-electron chi connectivity index (χ1n) is 5.63. The molecule has 20 heavy (non-hydrogen) atoms. The van der Waals surface area contributed by atoms with Gasteiger partial charge in [0.2, 0.25) is 0 Å². The normalized spacial score (nSPS) is 10.3. The van der Waals surface area contributed by atoms with E-state index in [9.17, 15) is 4.39 Å². The lowest BCUT2D eigenvalue weighted by Crippen LogP contribution is -2.12. The van der Waals surface area contributed by atoms with Crippen LogP contribution in [0.25, 0.3) is 0 Å². The molecule has 0 heterocycles. The van der Waals surface area contributed by atoms with Crippen LogP contribution in [0.2, 0.25) is 5.02 Å². The van der Waals surface area contributed by atoms with Gasteiger partial charge in [0.15, 0.2) is 11.6 Å². The van der Waals surface area contributed by atoms with Crippen LogP contribution in [0.1, 0.15) is 5.56 Å². The smallest absolute Gasteiger partial charge is 0.184 e. The van der Waals surface area contributed by atoms with Gasteiger partial charge in [-0.25, -0.2) is 4.39 Å². The highest BCUT2D eigenvalue weighted by molar-refractivity contribution is 7.98. The Hall–Kier alpha value is -1.30. The predicted molar refractivity (Wildman–Crippen MR) is 85.6 cm³/mol. The van der Waals surface area contributed by atoms with E-state index in [1.165, 1.54) is 23.9 Å². The molecular weight excluding hydrogens is 317 g/mol. The first-order chi connectivity index (χ1) is 9.54. The Labute approximate surface area is 131 Å². The van der Waals surface area contributed by atoms with Gasteiger partial charge >= 0.3 is 0 Å². The number of benzene rings is 2. The molecule has 0 bridgehead atoms. The fourth-order valence-electron chi connectivity index (χ4n) is 1.69. The van der Waals surface area contributed by atoms with Gasteiger partial charge in [-0.3, -0.25) is 0 Å². The van der Waals surface area contributed by atoms with E-state index in [0.717, 1.165) is 4.90 Å². The lowest BCUT2D eigenvalue weighted by atomic mass is 10.2. The predicted octanol–water partition coefficient (Wildman–Crippen LogP) is 4.63. The number of halogens is 2. The van der Waals surface area contributed by atoms with E-state index in [0.29, 0.717) is 11.3 Å². The number of thiocarbonyl (C=S) groups is 1. The summed E-state index contributed by atoms with van der Waals surface area (Å²) in [7, 11) is 0. The van der Waals surface area contributed by atoms with Crippen LogP contribution in [0.4, 0.5) is 4.39 Å². The molecule has 2 rings (SSSR count). The van der Waals surface area contributed by atoms with E-state index < -0.39 is 5.82 Å². The molecule has 6 heteroatoms. The van der Waals surface area contributed by atoms with Crippen molar-refractivity contribution >= 4 is 40.6 Å². The summed E-state index contributed by atoms with van der Waals surface area (Å²) in [5, 5.41) is 0.000367. The zero-order valence-electron chi connectivity index (χ0n) is 10.5. The zero-order chi connectivity index (χ0) is 14.7. The summed E-state index contributed by atoms with van der Waals surface area (Å²) in [5.41, 5.74) is 6.32. The van der Waals surface area contributed by atoms with E-state index in [-0.39, 0.29) is 15.8 Å².